The largest absolute Gasteiger partial charge is 0.478 e. The van der Waals surface area contributed by atoms with Gasteiger partial charge >= 0.3 is 5.97 Å². The van der Waals surface area contributed by atoms with Crippen molar-refractivity contribution in [1.82, 2.24) is 4.90 Å². The van der Waals surface area contributed by atoms with Crippen molar-refractivity contribution < 1.29 is 14.7 Å². The zero-order valence-electron chi connectivity index (χ0n) is 13.8. The van der Waals surface area contributed by atoms with Gasteiger partial charge in [-0.1, -0.05) is 23.7 Å². The standard InChI is InChI=1S/C20H20ClNO3/c21-18-7-5-15(6-8-18)19(23)16-9-11-22(12-10-16)13-14-1-3-17(4-2-14)20(24)25/h1-8,16H,9-13H2,(H,24,25). The molecule has 130 valence electrons. The summed E-state index contributed by atoms with van der Waals surface area (Å²) in [6.07, 6.45) is 1.68. The van der Waals surface area contributed by atoms with Crippen LogP contribution in [0.3, 0.4) is 0 Å². The topological polar surface area (TPSA) is 57.6 Å². The minimum Gasteiger partial charge on any atom is -0.478 e. The van der Waals surface area contributed by atoms with Crippen LogP contribution in [-0.4, -0.2) is 34.8 Å². The van der Waals surface area contributed by atoms with E-state index in [4.69, 9.17) is 16.7 Å². The van der Waals surface area contributed by atoms with Gasteiger partial charge in [0.2, 0.25) is 0 Å². The number of Topliss-reactive ketones (excluding diaryl/α,β-unsaturated/α-hetero) is 1. The highest BCUT2D eigenvalue weighted by Gasteiger charge is 2.25. The predicted octanol–water partition coefficient (Wildman–Crippen LogP) is 4.13. The summed E-state index contributed by atoms with van der Waals surface area (Å²) < 4.78 is 0. The zero-order chi connectivity index (χ0) is 17.8. The molecule has 1 heterocycles. The number of rotatable bonds is 5. The quantitative estimate of drug-likeness (QED) is 0.817. The van der Waals surface area contributed by atoms with E-state index in [1.807, 2.05) is 12.1 Å². The molecule has 0 aromatic heterocycles. The number of hydrogen-bond acceptors (Lipinski definition) is 3. The number of carbonyl (C=O) groups excluding carboxylic acids is 1. The Morgan fingerprint density at radius 2 is 1.52 bits per heavy atom. The molecule has 0 amide bonds. The first-order valence-corrected chi connectivity index (χ1v) is 8.75. The molecule has 0 spiro atoms. The van der Waals surface area contributed by atoms with Crippen LogP contribution in [-0.2, 0) is 6.54 Å². The minimum absolute atomic E-state index is 0.0619. The summed E-state index contributed by atoms with van der Waals surface area (Å²) in [6.45, 7) is 2.51. The van der Waals surface area contributed by atoms with E-state index in [0.717, 1.165) is 43.6 Å². The maximum Gasteiger partial charge on any atom is 0.335 e. The van der Waals surface area contributed by atoms with Crippen molar-refractivity contribution in [2.75, 3.05) is 13.1 Å². The van der Waals surface area contributed by atoms with E-state index in [-0.39, 0.29) is 11.7 Å². The monoisotopic (exact) mass is 357 g/mol. The Hall–Kier alpha value is -2.17. The molecule has 0 atom stereocenters. The number of ketones is 1. The molecule has 0 bridgehead atoms. The van der Waals surface area contributed by atoms with Gasteiger partial charge < -0.3 is 5.11 Å². The summed E-state index contributed by atoms with van der Waals surface area (Å²) in [5.41, 5.74) is 2.12. The summed E-state index contributed by atoms with van der Waals surface area (Å²) in [4.78, 5) is 25.8. The first-order valence-electron chi connectivity index (χ1n) is 8.37. The van der Waals surface area contributed by atoms with Gasteiger partial charge in [-0.25, -0.2) is 4.79 Å². The number of carboxylic acid groups (broad SMARTS) is 1. The number of hydrogen-bond donors (Lipinski definition) is 1. The summed E-state index contributed by atoms with van der Waals surface area (Å²) in [5, 5.41) is 9.58. The van der Waals surface area contributed by atoms with Gasteiger partial charge in [0.05, 0.1) is 5.56 Å². The smallest absolute Gasteiger partial charge is 0.335 e. The first kappa shape index (κ1) is 17.6. The highest BCUT2D eigenvalue weighted by Crippen LogP contribution is 2.23. The maximum atomic E-state index is 12.6. The summed E-state index contributed by atoms with van der Waals surface area (Å²) in [5.74, 6) is -0.651. The molecule has 4 nitrogen and oxygen atoms in total. The van der Waals surface area contributed by atoms with Gasteiger partial charge in [0.1, 0.15) is 0 Å². The van der Waals surface area contributed by atoms with Gasteiger partial charge in [0, 0.05) is 23.0 Å². The highest BCUT2D eigenvalue weighted by molar-refractivity contribution is 6.30. The molecule has 3 rings (SSSR count). The average Bonchev–Trinajstić information content (AvgIpc) is 2.63. The second kappa shape index (κ2) is 7.81. The molecule has 1 aliphatic heterocycles. The van der Waals surface area contributed by atoms with Crippen molar-refractivity contribution in [3.05, 3.63) is 70.2 Å². The molecule has 25 heavy (non-hydrogen) atoms. The van der Waals surface area contributed by atoms with Crippen LogP contribution in [0.15, 0.2) is 48.5 Å². The van der Waals surface area contributed by atoms with Crippen LogP contribution in [0.2, 0.25) is 5.02 Å². The first-order chi connectivity index (χ1) is 12.0. The van der Waals surface area contributed by atoms with Crippen molar-refractivity contribution in [2.45, 2.75) is 19.4 Å². The van der Waals surface area contributed by atoms with Gasteiger partial charge in [0.15, 0.2) is 5.78 Å². The molecule has 0 saturated carbocycles. The third-order valence-electron chi connectivity index (χ3n) is 4.69. The van der Waals surface area contributed by atoms with Gasteiger partial charge in [-0.15, -0.1) is 0 Å². The third-order valence-corrected chi connectivity index (χ3v) is 4.95. The SMILES string of the molecule is O=C(O)c1ccc(CN2CCC(C(=O)c3ccc(Cl)cc3)CC2)cc1. The van der Waals surface area contributed by atoms with Crippen molar-refractivity contribution in [2.24, 2.45) is 5.92 Å². The van der Waals surface area contributed by atoms with Gasteiger partial charge in [0.25, 0.3) is 0 Å². The molecule has 1 aliphatic rings. The number of aromatic carboxylic acids is 1. The van der Waals surface area contributed by atoms with E-state index in [1.54, 1.807) is 36.4 Å². The summed E-state index contributed by atoms with van der Waals surface area (Å²) in [7, 11) is 0. The molecule has 5 heteroatoms. The second-order valence-electron chi connectivity index (χ2n) is 6.42. The fraction of sp³-hybridized carbons (Fsp3) is 0.300. The number of carbonyl (C=O) groups is 2. The normalized spacial score (nSPS) is 15.9. The van der Waals surface area contributed by atoms with E-state index >= 15 is 0 Å². The van der Waals surface area contributed by atoms with Crippen LogP contribution in [0.5, 0.6) is 0 Å². The van der Waals surface area contributed by atoms with Crippen LogP contribution in [0.25, 0.3) is 0 Å². The third kappa shape index (κ3) is 4.47. The van der Waals surface area contributed by atoms with Crippen LogP contribution < -0.4 is 0 Å². The minimum atomic E-state index is -0.909. The van der Waals surface area contributed by atoms with Crippen molar-refractivity contribution in [3.8, 4) is 0 Å². The Balaban J connectivity index is 1.53. The Morgan fingerprint density at radius 1 is 0.960 bits per heavy atom. The number of benzene rings is 2. The molecule has 0 radical (unpaired) electrons. The van der Waals surface area contributed by atoms with E-state index in [0.29, 0.717) is 10.6 Å². The van der Waals surface area contributed by atoms with Crippen molar-refractivity contribution in [1.29, 1.82) is 0 Å². The molecule has 2 aromatic carbocycles. The Bertz CT molecular complexity index is 748. The van der Waals surface area contributed by atoms with Crippen LogP contribution in [0, 0.1) is 5.92 Å². The number of likely N-dealkylation sites (tertiary alicyclic amines) is 1. The molecule has 1 N–H and O–H groups in total. The van der Waals surface area contributed by atoms with Crippen LogP contribution >= 0.6 is 11.6 Å². The van der Waals surface area contributed by atoms with E-state index in [9.17, 15) is 9.59 Å². The van der Waals surface area contributed by atoms with E-state index < -0.39 is 5.97 Å². The molecular weight excluding hydrogens is 338 g/mol. The van der Waals surface area contributed by atoms with Gasteiger partial charge in [-0.05, 0) is 67.9 Å². The average molecular weight is 358 g/mol. The fourth-order valence-corrected chi connectivity index (χ4v) is 3.34. The molecule has 0 unspecified atom stereocenters. The Labute approximate surface area is 152 Å². The van der Waals surface area contributed by atoms with Crippen LogP contribution in [0.4, 0.5) is 0 Å². The van der Waals surface area contributed by atoms with Crippen LogP contribution in [0.1, 0.15) is 39.1 Å². The summed E-state index contributed by atoms with van der Waals surface area (Å²) >= 11 is 5.87. The highest BCUT2D eigenvalue weighted by atomic mass is 35.5. The molecular formula is C20H20ClNO3. The molecule has 2 aromatic rings. The van der Waals surface area contributed by atoms with E-state index in [1.165, 1.54) is 0 Å². The second-order valence-corrected chi connectivity index (χ2v) is 6.86. The molecule has 0 aliphatic carbocycles. The number of piperidine rings is 1. The van der Waals surface area contributed by atoms with Crippen molar-refractivity contribution >= 4 is 23.4 Å². The number of nitrogens with zero attached hydrogens (tertiary/aromatic N) is 1. The fourth-order valence-electron chi connectivity index (χ4n) is 3.21. The lowest BCUT2D eigenvalue weighted by atomic mass is 9.89. The van der Waals surface area contributed by atoms with Gasteiger partial charge in [-0.3, -0.25) is 9.69 Å². The number of carboxylic acids is 1. The lowest BCUT2D eigenvalue weighted by molar-refractivity contribution is 0.0696. The molecule has 1 saturated heterocycles. The molecule has 1 fully saturated rings. The number of halogens is 1. The predicted molar refractivity (Wildman–Crippen MR) is 97.2 cm³/mol. The van der Waals surface area contributed by atoms with E-state index in [2.05, 4.69) is 4.90 Å². The Morgan fingerprint density at radius 3 is 2.08 bits per heavy atom. The lowest BCUT2D eigenvalue weighted by Crippen LogP contribution is -2.35. The lowest BCUT2D eigenvalue weighted by Gasteiger charge is -2.31. The maximum absolute atomic E-state index is 12.6. The van der Waals surface area contributed by atoms with Gasteiger partial charge in [-0.2, -0.15) is 0 Å². The van der Waals surface area contributed by atoms with Crippen molar-refractivity contribution in [3.63, 3.8) is 0 Å². The summed E-state index contributed by atoms with van der Waals surface area (Å²) in [6, 6.07) is 14.1. The Kier molecular flexibility index (Phi) is 5.51. The zero-order valence-corrected chi connectivity index (χ0v) is 14.6.